The van der Waals surface area contributed by atoms with Gasteiger partial charge in [0, 0.05) is 28.1 Å². The molecule has 16 heavy (non-hydrogen) atoms. The van der Waals surface area contributed by atoms with E-state index in [0.29, 0.717) is 16.5 Å². The zero-order valence-corrected chi connectivity index (χ0v) is 9.60. The fraction of sp³-hybridized carbons (Fsp3) is 0.308. The number of Topliss-reactive ketones (excluding diaryl/α,β-unsaturated/α-hetero) is 1. The van der Waals surface area contributed by atoms with Crippen LogP contribution in [-0.4, -0.2) is 10.8 Å². The maximum atomic E-state index is 13.7. The predicted octanol–water partition coefficient (Wildman–Crippen LogP) is 3.54. The SMILES string of the molecule is CC(C)(C)C(=O)c1c[nH]c2cccc(F)c12. The molecule has 0 amide bonds. The highest BCUT2D eigenvalue weighted by molar-refractivity contribution is 6.10. The number of aromatic nitrogens is 1. The van der Waals surface area contributed by atoms with E-state index >= 15 is 0 Å². The zero-order valence-electron chi connectivity index (χ0n) is 9.60. The summed E-state index contributed by atoms with van der Waals surface area (Å²) < 4.78 is 13.7. The van der Waals surface area contributed by atoms with Gasteiger partial charge in [0.25, 0.3) is 0 Å². The monoisotopic (exact) mass is 219 g/mol. The molecule has 0 radical (unpaired) electrons. The van der Waals surface area contributed by atoms with Crippen molar-refractivity contribution in [3.63, 3.8) is 0 Å². The molecule has 0 fully saturated rings. The van der Waals surface area contributed by atoms with Crippen molar-refractivity contribution in [1.82, 2.24) is 4.98 Å². The van der Waals surface area contributed by atoms with Crippen molar-refractivity contribution in [3.05, 3.63) is 35.8 Å². The van der Waals surface area contributed by atoms with Gasteiger partial charge < -0.3 is 4.98 Å². The molecule has 1 heterocycles. The minimum absolute atomic E-state index is 0.0520. The molecule has 2 rings (SSSR count). The first kappa shape index (κ1) is 10.9. The lowest BCUT2D eigenvalue weighted by Crippen LogP contribution is -2.19. The Morgan fingerprint density at radius 2 is 2.00 bits per heavy atom. The number of benzene rings is 1. The molecule has 84 valence electrons. The van der Waals surface area contributed by atoms with Crippen molar-refractivity contribution in [2.75, 3.05) is 0 Å². The highest BCUT2D eigenvalue weighted by atomic mass is 19.1. The Hall–Kier alpha value is -1.64. The number of ketones is 1. The molecule has 1 aromatic heterocycles. The van der Waals surface area contributed by atoms with Crippen LogP contribution in [0.4, 0.5) is 4.39 Å². The standard InChI is InChI=1S/C13H14FNO/c1-13(2,3)12(16)8-7-15-10-6-4-5-9(14)11(8)10/h4-7,15H,1-3H3. The van der Waals surface area contributed by atoms with Gasteiger partial charge in [0.15, 0.2) is 5.78 Å². The molecule has 0 aliphatic rings. The summed E-state index contributed by atoms with van der Waals surface area (Å²) in [5.41, 5.74) is 0.588. The number of halogens is 1. The van der Waals surface area contributed by atoms with E-state index < -0.39 is 5.41 Å². The summed E-state index contributed by atoms with van der Waals surface area (Å²) in [4.78, 5) is 15.0. The van der Waals surface area contributed by atoms with Crippen molar-refractivity contribution in [3.8, 4) is 0 Å². The number of H-pyrrole nitrogens is 1. The van der Waals surface area contributed by atoms with Crippen LogP contribution in [0.2, 0.25) is 0 Å². The Labute approximate surface area is 93.5 Å². The lowest BCUT2D eigenvalue weighted by Gasteiger charge is -2.15. The Morgan fingerprint density at radius 3 is 2.62 bits per heavy atom. The average Bonchev–Trinajstić information content (AvgIpc) is 2.60. The maximum absolute atomic E-state index is 13.7. The highest BCUT2D eigenvalue weighted by Crippen LogP contribution is 2.28. The second kappa shape index (κ2) is 3.44. The van der Waals surface area contributed by atoms with Crippen LogP contribution in [0, 0.1) is 11.2 Å². The number of fused-ring (bicyclic) bond motifs is 1. The van der Waals surface area contributed by atoms with Gasteiger partial charge in [0.2, 0.25) is 0 Å². The molecule has 0 unspecified atom stereocenters. The molecule has 0 bridgehead atoms. The van der Waals surface area contributed by atoms with E-state index in [1.807, 2.05) is 20.8 Å². The van der Waals surface area contributed by atoms with E-state index in [4.69, 9.17) is 0 Å². The van der Waals surface area contributed by atoms with Crippen LogP contribution in [0.25, 0.3) is 10.9 Å². The van der Waals surface area contributed by atoms with Gasteiger partial charge in [0.1, 0.15) is 5.82 Å². The summed E-state index contributed by atoms with van der Waals surface area (Å²) in [5.74, 6) is -0.407. The second-order valence-electron chi connectivity index (χ2n) is 4.94. The summed E-state index contributed by atoms with van der Waals surface area (Å²) in [7, 11) is 0. The van der Waals surface area contributed by atoms with Gasteiger partial charge in [-0.1, -0.05) is 26.8 Å². The minimum Gasteiger partial charge on any atom is -0.360 e. The number of hydrogen-bond donors (Lipinski definition) is 1. The fourth-order valence-corrected chi connectivity index (χ4v) is 1.72. The Balaban J connectivity index is 2.67. The summed E-state index contributed by atoms with van der Waals surface area (Å²) in [5, 5.41) is 0.391. The first-order valence-electron chi connectivity index (χ1n) is 5.21. The second-order valence-corrected chi connectivity index (χ2v) is 4.94. The lowest BCUT2D eigenvalue weighted by molar-refractivity contribution is 0.0860. The fourth-order valence-electron chi connectivity index (χ4n) is 1.72. The summed E-state index contributed by atoms with van der Waals surface area (Å²) in [6, 6.07) is 4.76. The average molecular weight is 219 g/mol. The largest absolute Gasteiger partial charge is 0.360 e. The van der Waals surface area contributed by atoms with Crippen LogP contribution in [0.3, 0.4) is 0 Å². The van der Waals surface area contributed by atoms with E-state index in [0.717, 1.165) is 0 Å². The van der Waals surface area contributed by atoms with Gasteiger partial charge in [-0.25, -0.2) is 4.39 Å². The number of aromatic amines is 1. The first-order chi connectivity index (χ1) is 7.41. The molecular formula is C13H14FNO. The third-order valence-electron chi connectivity index (χ3n) is 2.58. The quantitative estimate of drug-likeness (QED) is 0.731. The Morgan fingerprint density at radius 1 is 1.31 bits per heavy atom. The number of nitrogens with one attached hydrogen (secondary N) is 1. The van der Waals surface area contributed by atoms with Crippen LogP contribution in [0.15, 0.2) is 24.4 Å². The Bertz CT molecular complexity index is 549. The number of carbonyl (C=O) groups excluding carboxylic acids is 1. The molecule has 0 spiro atoms. The van der Waals surface area contributed by atoms with Gasteiger partial charge in [-0.05, 0) is 12.1 Å². The summed E-state index contributed by atoms with van der Waals surface area (Å²) in [6.07, 6.45) is 1.58. The summed E-state index contributed by atoms with van der Waals surface area (Å²) in [6.45, 7) is 5.49. The Kier molecular flexibility index (Phi) is 2.34. The predicted molar refractivity (Wildman–Crippen MR) is 62.0 cm³/mol. The topological polar surface area (TPSA) is 32.9 Å². The van der Waals surface area contributed by atoms with E-state index in [1.54, 1.807) is 18.3 Å². The van der Waals surface area contributed by atoms with Crippen LogP contribution < -0.4 is 0 Å². The smallest absolute Gasteiger partial charge is 0.170 e. The van der Waals surface area contributed by atoms with Crippen LogP contribution >= 0.6 is 0 Å². The molecule has 0 aliphatic carbocycles. The van der Waals surface area contributed by atoms with Gasteiger partial charge in [0.05, 0.1) is 0 Å². The minimum atomic E-state index is -0.503. The van der Waals surface area contributed by atoms with E-state index in [9.17, 15) is 9.18 Å². The van der Waals surface area contributed by atoms with Gasteiger partial charge in [-0.3, -0.25) is 4.79 Å². The molecular weight excluding hydrogens is 205 g/mol. The molecule has 0 saturated carbocycles. The highest BCUT2D eigenvalue weighted by Gasteiger charge is 2.26. The van der Waals surface area contributed by atoms with Gasteiger partial charge in [-0.2, -0.15) is 0 Å². The number of hydrogen-bond acceptors (Lipinski definition) is 1. The van der Waals surface area contributed by atoms with Crippen LogP contribution in [-0.2, 0) is 0 Å². The third kappa shape index (κ3) is 1.62. The van der Waals surface area contributed by atoms with Gasteiger partial charge >= 0.3 is 0 Å². The molecule has 3 heteroatoms. The first-order valence-corrected chi connectivity index (χ1v) is 5.21. The number of rotatable bonds is 1. The van der Waals surface area contributed by atoms with Crippen LogP contribution in [0.1, 0.15) is 31.1 Å². The van der Waals surface area contributed by atoms with Gasteiger partial charge in [-0.15, -0.1) is 0 Å². The van der Waals surface area contributed by atoms with E-state index in [1.165, 1.54) is 6.07 Å². The molecule has 1 aromatic carbocycles. The molecule has 2 nitrogen and oxygen atoms in total. The van der Waals surface area contributed by atoms with Crippen molar-refractivity contribution < 1.29 is 9.18 Å². The molecule has 0 atom stereocenters. The maximum Gasteiger partial charge on any atom is 0.170 e. The molecule has 1 N–H and O–H groups in total. The molecule has 0 saturated heterocycles. The number of carbonyl (C=O) groups is 1. The molecule has 0 aliphatic heterocycles. The normalized spacial score (nSPS) is 12.0. The van der Waals surface area contributed by atoms with E-state index in [-0.39, 0.29) is 11.6 Å². The van der Waals surface area contributed by atoms with Crippen molar-refractivity contribution in [2.45, 2.75) is 20.8 Å². The van der Waals surface area contributed by atoms with Crippen molar-refractivity contribution in [1.29, 1.82) is 0 Å². The van der Waals surface area contributed by atoms with E-state index in [2.05, 4.69) is 4.98 Å². The van der Waals surface area contributed by atoms with Crippen molar-refractivity contribution in [2.24, 2.45) is 5.41 Å². The van der Waals surface area contributed by atoms with Crippen LogP contribution in [0.5, 0.6) is 0 Å². The van der Waals surface area contributed by atoms with Crippen molar-refractivity contribution >= 4 is 16.7 Å². The lowest BCUT2D eigenvalue weighted by atomic mass is 9.86. The third-order valence-corrected chi connectivity index (χ3v) is 2.58. The molecule has 2 aromatic rings. The zero-order chi connectivity index (χ0) is 11.9. The summed E-state index contributed by atoms with van der Waals surface area (Å²) >= 11 is 0.